The van der Waals surface area contributed by atoms with Gasteiger partial charge in [-0.15, -0.1) is 0 Å². The van der Waals surface area contributed by atoms with Crippen LogP contribution in [0.2, 0.25) is 0 Å². The topological polar surface area (TPSA) is 46.5 Å². The summed E-state index contributed by atoms with van der Waals surface area (Å²) in [4.78, 5) is 3.09. The van der Waals surface area contributed by atoms with Gasteiger partial charge in [0.25, 0.3) is 0 Å². The Kier molecular flexibility index (Phi) is 3.11. The summed E-state index contributed by atoms with van der Waals surface area (Å²) in [7, 11) is 0. The van der Waals surface area contributed by atoms with Crippen LogP contribution in [0.3, 0.4) is 0 Å². The molecule has 0 spiro atoms. The molecule has 0 amide bonds. The number of rotatable bonds is 2. The van der Waals surface area contributed by atoms with E-state index in [4.69, 9.17) is 12.2 Å². The molecule has 0 aliphatic carbocycles. The number of H-pyrrole nitrogens is 1. The molecule has 0 aromatic carbocycles. The Morgan fingerprint density at radius 2 is 2.18 bits per heavy atom. The lowest BCUT2D eigenvalue weighted by atomic mass is 9.92. The van der Waals surface area contributed by atoms with Crippen LogP contribution in [0.1, 0.15) is 32.2 Å². The van der Waals surface area contributed by atoms with Crippen molar-refractivity contribution in [1.29, 1.82) is 0 Å². The van der Waals surface area contributed by atoms with Gasteiger partial charge in [0.1, 0.15) is 0 Å². The molecule has 1 N–H and O–H groups in total. The molecule has 2 aromatic heterocycles. The molecule has 17 heavy (non-hydrogen) atoms. The van der Waals surface area contributed by atoms with Gasteiger partial charge < -0.3 is 9.55 Å². The summed E-state index contributed by atoms with van der Waals surface area (Å²) in [6, 6.07) is 3.84. The molecule has 0 fully saturated rings. The zero-order valence-electron chi connectivity index (χ0n) is 10.3. The third kappa shape index (κ3) is 2.61. The number of aromatic nitrogens is 4. The van der Waals surface area contributed by atoms with Crippen molar-refractivity contribution in [1.82, 2.24) is 19.7 Å². The Morgan fingerprint density at radius 3 is 2.76 bits per heavy atom. The van der Waals surface area contributed by atoms with E-state index in [0.29, 0.717) is 6.54 Å². The van der Waals surface area contributed by atoms with Crippen molar-refractivity contribution in [2.24, 2.45) is 0 Å². The van der Waals surface area contributed by atoms with Crippen LogP contribution < -0.4 is 0 Å². The minimum Gasteiger partial charge on any atom is -0.337 e. The average Bonchev–Trinajstić information content (AvgIpc) is 2.62. The first kappa shape index (κ1) is 12.0. The summed E-state index contributed by atoms with van der Waals surface area (Å²) in [6.07, 6.45) is 3.64. The molecule has 0 atom stereocenters. The minimum atomic E-state index is 0.0514. The Labute approximate surface area is 106 Å². The fraction of sp³-hybridized carbons (Fsp3) is 0.417. The third-order valence-corrected chi connectivity index (χ3v) is 2.92. The lowest BCUT2D eigenvalue weighted by Gasteiger charge is -2.20. The van der Waals surface area contributed by atoms with E-state index in [2.05, 4.69) is 40.5 Å². The Balaban J connectivity index is 2.40. The van der Waals surface area contributed by atoms with E-state index in [1.165, 1.54) is 5.69 Å². The van der Waals surface area contributed by atoms with Crippen LogP contribution in [0, 0.1) is 4.77 Å². The molecule has 2 heterocycles. The van der Waals surface area contributed by atoms with Gasteiger partial charge >= 0.3 is 0 Å². The SMILES string of the molecule is CC(C)(C)c1c[nH]c(=S)n1Cc1cccnn1. The number of aromatic amines is 1. The van der Waals surface area contributed by atoms with Crippen molar-refractivity contribution in [3.05, 3.63) is 40.7 Å². The molecule has 0 radical (unpaired) electrons. The number of hydrogen-bond donors (Lipinski definition) is 1. The molecule has 0 aliphatic heterocycles. The van der Waals surface area contributed by atoms with E-state index in [9.17, 15) is 0 Å². The largest absolute Gasteiger partial charge is 0.337 e. The van der Waals surface area contributed by atoms with Gasteiger partial charge in [-0.25, -0.2) is 0 Å². The van der Waals surface area contributed by atoms with Crippen molar-refractivity contribution < 1.29 is 0 Å². The quantitative estimate of drug-likeness (QED) is 0.831. The maximum absolute atomic E-state index is 5.30. The van der Waals surface area contributed by atoms with E-state index < -0.39 is 0 Å². The number of imidazole rings is 1. The van der Waals surface area contributed by atoms with Crippen LogP contribution in [-0.2, 0) is 12.0 Å². The fourth-order valence-electron chi connectivity index (χ4n) is 1.75. The van der Waals surface area contributed by atoms with E-state index in [1.807, 2.05) is 18.3 Å². The van der Waals surface area contributed by atoms with Crippen LogP contribution in [0.5, 0.6) is 0 Å². The van der Waals surface area contributed by atoms with Crippen LogP contribution in [0.4, 0.5) is 0 Å². The smallest absolute Gasteiger partial charge is 0.177 e. The van der Waals surface area contributed by atoms with Crippen molar-refractivity contribution in [2.45, 2.75) is 32.7 Å². The summed E-state index contributed by atoms with van der Waals surface area (Å²) >= 11 is 5.30. The summed E-state index contributed by atoms with van der Waals surface area (Å²) in [5.74, 6) is 0. The molecule has 0 bridgehead atoms. The average molecular weight is 248 g/mol. The van der Waals surface area contributed by atoms with Gasteiger partial charge in [-0.1, -0.05) is 20.8 Å². The molecule has 0 saturated carbocycles. The Bertz CT molecular complexity index is 548. The maximum Gasteiger partial charge on any atom is 0.177 e. The van der Waals surface area contributed by atoms with E-state index in [-0.39, 0.29) is 5.41 Å². The predicted octanol–water partition coefficient (Wildman–Crippen LogP) is 2.68. The van der Waals surface area contributed by atoms with Gasteiger partial charge in [0.15, 0.2) is 4.77 Å². The second kappa shape index (κ2) is 4.41. The van der Waals surface area contributed by atoms with Crippen molar-refractivity contribution in [2.75, 3.05) is 0 Å². The number of nitrogens with zero attached hydrogens (tertiary/aromatic N) is 3. The minimum absolute atomic E-state index is 0.0514. The summed E-state index contributed by atoms with van der Waals surface area (Å²) < 4.78 is 2.79. The molecule has 0 saturated heterocycles. The predicted molar refractivity (Wildman–Crippen MR) is 69.5 cm³/mol. The first-order valence-electron chi connectivity index (χ1n) is 5.54. The zero-order valence-corrected chi connectivity index (χ0v) is 11.1. The molecule has 90 valence electrons. The highest BCUT2D eigenvalue weighted by molar-refractivity contribution is 7.71. The maximum atomic E-state index is 5.30. The van der Waals surface area contributed by atoms with Gasteiger partial charge in [-0.3, -0.25) is 0 Å². The number of nitrogens with one attached hydrogen (secondary N) is 1. The Hall–Kier alpha value is -1.49. The monoisotopic (exact) mass is 248 g/mol. The first-order valence-corrected chi connectivity index (χ1v) is 5.94. The van der Waals surface area contributed by atoms with Crippen LogP contribution >= 0.6 is 12.2 Å². The van der Waals surface area contributed by atoms with Gasteiger partial charge in [0.05, 0.1) is 12.2 Å². The standard InChI is InChI=1S/C12H16N4S/c1-12(2,3)10-7-13-11(17)16(10)8-9-5-4-6-14-15-9/h4-7H,8H2,1-3H3,(H,13,17). The highest BCUT2D eigenvalue weighted by Crippen LogP contribution is 2.22. The molecule has 2 rings (SSSR count). The summed E-state index contributed by atoms with van der Waals surface area (Å²) in [5.41, 5.74) is 2.14. The fourth-order valence-corrected chi connectivity index (χ4v) is 1.98. The summed E-state index contributed by atoms with van der Waals surface area (Å²) in [5, 5.41) is 7.97. The van der Waals surface area contributed by atoms with Crippen LogP contribution in [-0.4, -0.2) is 19.7 Å². The van der Waals surface area contributed by atoms with Gasteiger partial charge in [-0.2, -0.15) is 10.2 Å². The van der Waals surface area contributed by atoms with Crippen LogP contribution in [0.15, 0.2) is 24.5 Å². The lowest BCUT2D eigenvalue weighted by molar-refractivity contribution is 0.526. The van der Waals surface area contributed by atoms with Gasteiger partial charge in [0.2, 0.25) is 0 Å². The zero-order chi connectivity index (χ0) is 12.5. The molecule has 0 aliphatic rings. The van der Waals surface area contributed by atoms with Crippen molar-refractivity contribution in [3.8, 4) is 0 Å². The number of hydrogen-bond acceptors (Lipinski definition) is 3. The molecule has 4 nitrogen and oxygen atoms in total. The second-order valence-electron chi connectivity index (χ2n) is 5.03. The van der Waals surface area contributed by atoms with Gasteiger partial charge in [-0.05, 0) is 24.4 Å². The van der Waals surface area contributed by atoms with E-state index in [0.717, 1.165) is 10.5 Å². The molecular formula is C12H16N4S. The molecule has 0 unspecified atom stereocenters. The van der Waals surface area contributed by atoms with Gasteiger partial charge in [0, 0.05) is 23.5 Å². The molecule has 5 heteroatoms. The van der Waals surface area contributed by atoms with Crippen molar-refractivity contribution >= 4 is 12.2 Å². The first-order chi connectivity index (χ1) is 7.98. The molecule has 2 aromatic rings. The normalized spacial score (nSPS) is 11.7. The third-order valence-electron chi connectivity index (χ3n) is 2.58. The lowest BCUT2D eigenvalue weighted by Crippen LogP contribution is -2.18. The van der Waals surface area contributed by atoms with E-state index in [1.54, 1.807) is 6.20 Å². The summed E-state index contributed by atoms with van der Waals surface area (Å²) in [6.45, 7) is 7.15. The highest BCUT2D eigenvalue weighted by Gasteiger charge is 2.19. The molecular weight excluding hydrogens is 232 g/mol. The highest BCUT2D eigenvalue weighted by atomic mass is 32.1. The Morgan fingerprint density at radius 1 is 1.41 bits per heavy atom. The van der Waals surface area contributed by atoms with E-state index >= 15 is 0 Å². The van der Waals surface area contributed by atoms with Crippen LogP contribution in [0.25, 0.3) is 0 Å². The second-order valence-corrected chi connectivity index (χ2v) is 5.42. The van der Waals surface area contributed by atoms with Crippen molar-refractivity contribution in [3.63, 3.8) is 0 Å².